The molecule has 7 heteroatoms. The second kappa shape index (κ2) is 5.20. The van der Waals surface area contributed by atoms with Gasteiger partial charge in [0.05, 0.1) is 18.4 Å². The highest BCUT2D eigenvalue weighted by atomic mass is 16.5. The SMILES string of the molecule is COc1c(N)cccc1C(=O)N1CC(=O)NC(=O)C1C. The van der Waals surface area contributed by atoms with Gasteiger partial charge in [0.1, 0.15) is 12.6 Å². The highest BCUT2D eigenvalue weighted by Crippen LogP contribution is 2.27. The maximum absolute atomic E-state index is 12.5. The molecule has 2 rings (SSSR count). The molecule has 20 heavy (non-hydrogen) atoms. The van der Waals surface area contributed by atoms with Crippen molar-refractivity contribution in [3.05, 3.63) is 23.8 Å². The molecule has 1 aliphatic rings. The molecule has 0 bridgehead atoms. The summed E-state index contributed by atoms with van der Waals surface area (Å²) in [5.41, 5.74) is 6.29. The summed E-state index contributed by atoms with van der Waals surface area (Å²) in [5.74, 6) is -1.24. The normalized spacial score (nSPS) is 18.7. The van der Waals surface area contributed by atoms with Crippen LogP contribution in [0.15, 0.2) is 18.2 Å². The average Bonchev–Trinajstić information content (AvgIpc) is 2.41. The summed E-state index contributed by atoms with van der Waals surface area (Å²) in [6, 6.07) is 4.03. The minimum absolute atomic E-state index is 0.177. The zero-order chi connectivity index (χ0) is 14.9. The quantitative estimate of drug-likeness (QED) is 0.574. The van der Waals surface area contributed by atoms with Crippen molar-refractivity contribution >= 4 is 23.4 Å². The van der Waals surface area contributed by atoms with E-state index < -0.39 is 23.8 Å². The molecule has 1 aromatic carbocycles. The second-order valence-corrected chi connectivity index (χ2v) is 4.45. The van der Waals surface area contributed by atoms with E-state index in [4.69, 9.17) is 10.5 Å². The second-order valence-electron chi connectivity index (χ2n) is 4.45. The zero-order valence-corrected chi connectivity index (χ0v) is 11.2. The van der Waals surface area contributed by atoms with Gasteiger partial charge in [-0.2, -0.15) is 0 Å². The van der Waals surface area contributed by atoms with Crippen LogP contribution in [0.3, 0.4) is 0 Å². The summed E-state index contributed by atoms with van der Waals surface area (Å²) in [6.07, 6.45) is 0. The van der Waals surface area contributed by atoms with Crippen molar-refractivity contribution in [1.29, 1.82) is 0 Å². The van der Waals surface area contributed by atoms with E-state index in [1.807, 2.05) is 0 Å². The number of nitrogens with one attached hydrogen (secondary N) is 1. The Bertz CT molecular complexity index is 585. The summed E-state index contributed by atoms with van der Waals surface area (Å²) in [5, 5.41) is 2.18. The topological polar surface area (TPSA) is 102 Å². The van der Waals surface area contributed by atoms with Gasteiger partial charge >= 0.3 is 0 Å². The lowest BCUT2D eigenvalue weighted by molar-refractivity contribution is -0.138. The van der Waals surface area contributed by atoms with E-state index in [1.54, 1.807) is 25.1 Å². The first-order chi connectivity index (χ1) is 9.45. The van der Waals surface area contributed by atoms with Gasteiger partial charge in [0.2, 0.25) is 11.8 Å². The first-order valence-corrected chi connectivity index (χ1v) is 6.03. The number of nitrogen functional groups attached to an aromatic ring is 1. The standard InChI is InChI=1S/C13H15N3O4/c1-7-12(18)15-10(17)6-16(7)13(19)8-4-3-5-9(14)11(8)20-2/h3-5,7H,6,14H2,1-2H3,(H,15,17,18). The number of imide groups is 1. The summed E-state index contributed by atoms with van der Waals surface area (Å²) in [4.78, 5) is 36.7. The minimum Gasteiger partial charge on any atom is -0.494 e. The van der Waals surface area contributed by atoms with Crippen LogP contribution in [0.5, 0.6) is 5.75 Å². The molecule has 1 atom stereocenters. The third kappa shape index (κ3) is 2.29. The molecule has 1 saturated heterocycles. The lowest BCUT2D eigenvalue weighted by Crippen LogP contribution is -2.58. The van der Waals surface area contributed by atoms with Crippen LogP contribution in [0.4, 0.5) is 5.69 Å². The maximum atomic E-state index is 12.5. The number of methoxy groups -OCH3 is 1. The van der Waals surface area contributed by atoms with E-state index in [9.17, 15) is 14.4 Å². The first-order valence-electron chi connectivity index (χ1n) is 6.03. The molecule has 106 valence electrons. The summed E-state index contributed by atoms with van der Waals surface area (Å²) < 4.78 is 5.12. The number of nitrogens with two attached hydrogens (primary N) is 1. The Hall–Kier alpha value is -2.57. The monoisotopic (exact) mass is 277 g/mol. The van der Waals surface area contributed by atoms with E-state index in [-0.39, 0.29) is 17.9 Å². The lowest BCUT2D eigenvalue weighted by atomic mass is 10.1. The molecule has 0 aliphatic carbocycles. The first kappa shape index (κ1) is 13.9. The van der Waals surface area contributed by atoms with Gasteiger partial charge < -0.3 is 15.4 Å². The van der Waals surface area contributed by atoms with Crippen LogP contribution < -0.4 is 15.8 Å². The van der Waals surface area contributed by atoms with Crippen LogP contribution in [0.25, 0.3) is 0 Å². The van der Waals surface area contributed by atoms with Crippen LogP contribution in [0.2, 0.25) is 0 Å². The van der Waals surface area contributed by atoms with E-state index >= 15 is 0 Å². The van der Waals surface area contributed by atoms with Crippen molar-refractivity contribution < 1.29 is 19.1 Å². The molecule has 3 N–H and O–H groups in total. The van der Waals surface area contributed by atoms with Gasteiger partial charge in [-0.25, -0.2) is 0 Å². The van der Waals surface area contributed by atoms with E-state index in [0.29, 0.717) is 5.69 Å². The van der Waals surface area contributed by atoms with Crippen molar-refractivity contribution in [3.8, 4) is 5.75 Å². The Labute approximate surface area is 115 Å². The van der Waals surface area contributed by atoms with Crippen LogP contribution >= 0.6 is 0 Å². The molecule has 1 aliphatic heterocycles. The molecule has 0 radical (unpaired) electrons. The maximum Gasteiger partial charge on any atom is 0.258 e. The van der Waals surface area contributed by atoms with Gasteiger partial charge in [0.15, 0.2) is 5.75 Å². The molecular formula is C13H15N3O4. The fraction of sp³-hybridized carbons (Fsp3) is 0.308. The predicted octanol–water partition coefficient (Wildman–Crippen LogP) is -0.235. The number of carbonyl (C=O) groups is 3. The van der Waals surface area contributed by atoms with Crippen molar-refractivity contribution in [1.82, 2.24) is 10.2 Å². The van der Waals surface area contributed by atoms with Gasteiger partial charge in [-0.05, 0) is 19.1 Å². The predicted molar refractivity (Wildman–Crippen MR) is 71.1 cm³/mol. The number of hydrogen-bond acceptors (Lipinski definition) is 5. The Morgan fingerprint density at radius 1 is 1.45 bits per heavy atom. The number of benzene rings is 1. The molecule has 1 unspecified atom stereocenters. The van der Waals surface area contributed by atoms with Crippen molar-refractivity contribution in [2.45, 2.75) is 13.0 Å². The number of para-hydroxylation sites is 1. The molecule has 7 nitrogen and oxygen atoms in total. The van der Waals surface area contributed by atoms with E-state index in [1.165, 1.54) is 12.0 Å². The Morgan fingerprint density at radius 2 is 2.15 bits per heavy atom. The summed E-state index contributed by atoms with van der Waals surface area (Å²) in [6.45, 7) is 1.38. The van der Waals surface area contributed by atoms with Gasteiger partial charge in [-0.3, -0.25) is 19.7 Å². The molecule has 3 amide bonds. The van der Waals surface area contributed by atoms with Gasteiger partial charge in [-0.15, -0.1) is 0 Å². The molecule has 1 heterocycles. The smallest absolute Gasteiger partial charge is 0.258 e. The molecule has 1 aromatic rings. The largest absolute Gasteiger partial charge is 0.494 e. The molecule has 0 spiro atoms. The van der Waals surface area contributed by atoms with Crippen LogP contribution in [-0.4, -0.2) is 42.3 Å². The molecule has 1 fully saturated rings. The van der Waals surface area contributed by atoms with Crippen molar-refractivity contribution in [3.63, 3.8) is 0 Å². The van der Waals surface area contributed by atoms with Crippen molar-refractivity contribution in [2.75, 3.05) is 19.4 Å². The third-order valence-electron chi connectivity index (χ3n) is 3.16. The number of ether oxygens (including phenoxy) is 1. The van der Waals surface area contributed by atoms with Gasteiger partial charge in [0, 0.05) is 0 Å². The zero-order valence-electron chi connectivity index (χ0n) is 11.2. The Morgan fingerprint density at radius 3 is 2.80 bits per heavy atom. The van der Waals surface area contributed by atoms with Gasteiger partial charge in [0.25, 0.3) is 5.91 Å². The number of piperazine rings is 1. The summed E-state index contributed by atoms with van der Waals surface area (Å²) >= 11 is 0. The summed E-state index contributed by atoms with van der Waals surface area (Å²) in [7, 11) is 1.40. The molecular weight excluding hydrogens is 262 g/mol. The fourth-order valence-electron chi connectivity index (χ4n) is 2.07. The number of nitrogens with zero attached hydrogens (tertiary/aromatic N) is 1. The van der Waals surface area contributed by atoms with Gasteiger partial charge in [-0.1, -0.05) is 6.07 Å². The number of anilines is 1. The van der Waals surface area contributed by atoms with E-state index in [2.05, 4.69) is 5.32 Å². The van der Waals surface area contributed by atoms with Crippen LogP contribution in [0, 0.1) is 0 Å². The van der Waals surface area contributed by atoms with Crippen LogP contribution in [-0.2, 0) is 9.59 Å². The highest BCUT2D eigenvalue weighted by Gasteiger charge is 2.35. The Balaban J connectivity index is 2.38. The number of hydrogen-bond donors (Lipinski definition) is 2. The van der Waals surface area contributed by atoms with Crippen LogP contribution in [0.1, 0.15) is 17.3 Å². The minimum atomic E-state index is -0.730. The number of rotatable bonds is 2. The highest BCUT2D eigenvalue weighted by molar-refractivity contribution is 6.08. The number of amides is 3. The third-order valence-corrected chi connectivity index (χ3v) is 3.16. The number of carbonyl (C=O) groups excluding carboxylic acids is 3. The average molecular weight is 277 g/mol. The Kier molecular flexibility index (Phi) is 3.60. The lowest BCUT2D eigenvalue weighted by Gasteiger charge is -2.32. The molecule has 0 saturated carbocycles. The van der Waals surface area contributed by atoms with E-state index in [0.717, 1.165) is 0 Å². The van der Waals surface area contributed by atoms with Crippen molar-refractivity contribution in [2.24, 2.45) is 0 Å². The fourth-order valence-corrected chi connectivity index (χ4v) is 2.07. The molecule has 0 aromatic heterocycles.